The van der Waals surface area contributed by atoms with Crippen LogP contribution in [-0.4, -0.2) is 32.7 Å². The van der Waals surface area contributed by atoms with Crippen LogP contribution >= 0.6 is 11.6 Å². The van der Waals surface area contributed by atoms with E-state index >= 15 is 0 Å². The van der Waals surface area contributed by atoms with Gasteiger partial charge in [-0.2, -0.15) is 5.10 Å². The first-order valence-corrected chi connectivity index (χ1v) is 10.4. The lowest BCUT2D eigenvalue weighted by Gasteiger charge is -2.09. The highest BCUT2D eigenvalue weighted by Gasteiger charge is 2.15. The molecule has 1 N–H and O–H groups in total. The number of nitrogens with zero attached hydrogens (tertiary/aromatic N) is 4. The van der Waals surface area contributed by atoms with E-state index in [9.17, 15) is 0 Å². The first-order chi connectivity index (χ1) is 14.3. The van der Waals surface area contributed by atoms with Crippen LogP contribution in [0.3, 0.4) is 0 Å². The Morgan fingerprint density at radius 3 is 2.48 bits per heavy atom. The molecule has 2 aromatic carbocycles. The highest BCUT2D eigenvalue weighted by Crippen LogP contribution is 2.26. The topological polar surface area (TPSA) is 55.1 Å². The summed E-state index contributed by atoms with van der Waals surface area (Å²) < 4.78 is 1.88. The normalized spacial score (nSPS) is 11.2. The van der Waals surface area contributed by atoms with Crippen molar-refractivity contribution in [3.8, 4) is 22.5 Å². The highest BCUT2D eigenvalue weighted by atomic mass is 35.5. The van der Waals surface area contributed by atoms with Crippen molar-refractivity contribution in [3.63, 3.8) is 0 Å². The Morgan fingerprint density at radius 2 is 1.72 bits per heavy atom. The van der Waals surface area contributed by atoms with Crippen molar-refractivity contribution in [3.05, 3.63) is 71.6 Å². The molecule has 0 bridgehead atoms. The summed E-state index contributed by atoms with van der Waals surface area (Å²) in [6, 6.07) is 17.9. The molecule has 0 radical (unpaired) electrons. The Bertz CT molecular complexity index is 1070. The predicted molar refractivity (Wildman–Crippen MR) is 118 cm³/mol. The molecule has 0 unspecified atom stereocenters. The third-order valence-electron chi connectivity index (χ3n) is 4.88. The van der Waals surface area contributed by atoms with Crippen LogP contribution < -0.4 is 5.32 Å². The number of fused-ring (bicyclic) bond motifs is 1. The standard InChI is InChI=1S/C23H24ClN5/c1-2-25-15-7-6-10-21-27-22(18-11-13-19(24)14-12-18)28-23-20(16-26-29(21)23)17-8-4-3-5-9-17/h3-5,8-9,11-14,16,25H,2,6-7,10,15H2,1H3. The number of hydrogen-bond acceptors (Lipinski definition) is 4. The molecule has 0 aliphatic heterocycles. The van der Waals surface area contributed by atoms with Gasteiger partial charge in [-0.25, -0.2) is 14.5 Å². The van der Waals surface area contributed by atoms with Crippen LogP contribution in [0.15, 0.2) is 60.8 Å². The quantitative estimate of drug-likeness (QED) is 0.417. The minimum atomic E-state index is 0.702. The largest absolute Gasteiger partial charge is 0.317 e. The third kappa shape index (κ3) is 4.47. The van der Waals surface area contributed by atoms with Crippen molar-refractivity contribution in [2.45, 2.75) is 26.2 Å². The molecular weight excluding hydrogens is 382 g/mol. The summed E-state index contributed by atoms with van der Waals surface area (Å²) in [6.07, 6.45) is 4.87. The van der Waals surface area contributed by atoms with Crippen LogP contribution in [0.5, 0.6) is 0 Å². The van der Waals surface area contributed by atoms with Gasteiger partial charge in [-0.1, -0.05) is 48.9 Å². The van der Waals surface area contributed by atoms with E-state index in [0.29, 0.717) is 10.8 Å². The van der Waals surface area contributed by atoms with Gasteiger partial charge in [-0.3, -0.25) is 0 Å². The fraction of sp³-hybridized carbons (Fsp3) is 0.261. The van der Waals surface area contributed by atoms with E-state index in [1.165, 1.54) is 0 Å². The first kappa shape index (κ1) is 19.6. The Hall–Kier alpha value is -2.76. The number of hydrogen-bond donors (Lipinski definition) is 1. The summed E-state index contributed by atoms with van der Waals surface area (Å²) in [5.41, 5.74) is 3.89. The molecule has 6 heteroatoms. The second-order valence-corrected chi connectivity index (χ2v) is 7.38. The Labute approximate surface area is 175 Å². The monoisotopic (exact) mass is 405 g/mol. The minimum absolute atomic E-state index is 0.702. The number of benzene rings is 2. The van der Waals surface area contributed by atoms with Crippen molar-refractivity contribution in [2.75, 3.05) is 13.1 Å². The number of nitrogens with one attached hydrogen (secondary N) is 1. The zero-order chi connectivity index (χ0) is 20.1. The van der Waals surface area contributed by atoms with Gasteiger partial charge in [0.1, 0.15) is 5.82 Å². The fourth-order valence-electron chi connectivity index (χ4n) is 3.35. The molecule has 0 aliphatic rings. The van der Waals surface area contributed by atoms with E-state index in [-0.39, 0.29) is 0 Å². The summed E-state index contributed by atoms with van der Waals surface area (Å²) in [5.74, 6) is 1.63. The molecule has 0 saturated heterocycles. The van der Waals surface area contributed by atoms with Crippen LogP contribution in [0.2, 0.25) is 5.02 Å². The lowest BCUT2D eigenvalue weighted by atomic mass is 10.1. The van der Waals surface area contributed by atoms with E-state index in [1.807, 2.05) is 53.2 Å². The van der Waals surface area contributed by atoms with Gasteiger partial charge < -0.3 is 5.32 Å². The summed E-state index contributed by atoms with van der Waals surface area (Å²) >= 11 is 6.06. The van der Waals surface area contributed by atoms with Crippen molar-refractivity contribution < 1.29 is 0 Å². The lowest BCUT2D eigenvalue weighted by molar-refractivity contribution is 0.622. The van der Waals surface area contributed by atoms with Crippen LogP contribution in [0.1, 0.15) is 25.6 Å². The number of unbranched alkanes of at least 4 members (excludes halogenated alkanes) is 1. The van der Waals surface area contributed by atoms with Gasteiger partial charge in [0.2, 0.25) is 0 Å². The van der Waals surface area contributed by atoms with E-state index in [0.717, 1.165) is 60.5 Å². The number of halogens is 1. The van der Waals surface area contributed by atoms with E-state index in [1.54, 1.807) is 0 Å². The zero-order valence-electron chi connectivity index (χ0n) is 16.5. The second-order valence-electron chi connectivity index (χ2n) is 6.94. The zero-order valence-corrected chi connectivity index (χ0v) is 17.2. The molecule has 2 aromatic heterocycles. The maximum absolute atomic E-state index is 6.06. The van der Waals surface area contributed by atoms with Gasteiger partial charge in [0.25, 0.3) is 0 Å². The van der Waals surface area contributed by atoms with E-state index < -0.39 is 0 Å². The molecule has 4 rings (SSSR count). The molecular formula is C23H24ClN5. The van der Waals surface area contributed by atoms with Gasteiger partial charge in [-0.15, -0.1) is 0 Å². The minimum Gasteiger partial charge on any atom is -0.317 e. The lowest BCUT2D eigenvalue weighted by Crippen LogP contribution is -2.14. The number of aryl methyl sites for hydroxylation is 1. The maximum atomic E-state index is 6.06. The van der Waals surface area contributed by atoms with Crippen LogP contribution in [0, 0.1) is 0 Å². The molecule has 4 aromatic rings. The summed E-state index contributed by atoms with van der Waals surface area (Å²) in [4.78, 5) is 9.72. The average molecular weight is 406 g/mol. The highest BCUT2D eigenvalue weighted by molar-refractivity contribution is 6.30. The second kappa shape index (κ2) is 9.16. The molecule has 0 fully saturated rings. The summed E-state index contributed by atoms with van der Waals surface area (Å²) in [6.45, 7) is 4.14. The van der Waals surface area contributed by atoms with Crippen molar-refractivity contribution in [1.29, 1.82) is 0 Å². The third-order valence-corrected chi connectivity index (χ3v) is 5.13. The van der Waals surface area contributed by atoms with Crippen molar-refractivity contribution in [2.24, 2.45) is 0 Å². The smallest absolute Gasteiger partial charge is 0.167 e. The fourth-order valence-corrected chi connectivity index (χ4v) is 3.48. The summed E-state index contributed by atoms with van der Waals surface area (Å²) in [5, 5.41) is 8.69. The molecule has 0 saturated carbocycles. The predicted octanol–water partition coefficient (Wildman–Crippen LogP) is 5.04. The molecule has 0 amide bonds. The van der Waals surface area contributed by atoms with Crippen LogP contribution in [0.25, 0.3) is 28.2 Å². The molecule has 2 heterocycles. The van der Waals surface area contributed by atoms with Crippen molar-refractivity contribution >= 4 is 17.2 Å². The molecule has 0 spiro atoms. The average Bonchev–Trinajstić information content (AvgIpc) is 3.19. The van der Waals surface area contributed by atoms with Gasteiger partial charge in [0.15, 0.2) is 11.5 Å². The first-order valence-electron chi connectivity index (χ1n) is 10.0. The van der Waals surface area contributed by atoms with E-state index in [2.05, 4.69) is 29.5 Å². The molecule has 0 aliphatic carbocycles. The number of aromatic nitrogens is 4. The Morgan fingerprint density at radius 1 is 0.931 bits per heavy atom. The van der Waals surface area contributed by atoms with Gasteiger partial charge in [0.05, 0.1) is 6.20 Å². The number of rotatable bonds is 8. The molecule has 148 valence electrons. The molecule has 29 heavy (non-hydrogen) atoms. The van der Waals surface area contributed by atoms with Gasteiger partial charge in [-0.05, 0) is 55.8 Å². The molecule has 0 atom stereocenters. The van der Waals surface area contributed by atoms with Gasteiger partial charge >= 0.3 is 0 Å². The van der Waals surface area contributed by atoms with Crippen molar-refractivity contribution in [1.82, 2.24) is 24.9 Å². The maximum Gasteiger partial charge on any atom is 0.167 e. The Kier molecular flexibility index (Phi) is 6.17. The van der Waals surface area contributed by atoms with E-state index in [4.69, 9.17) is 21.6 Å². The SMILES string of the molecule is CCNCCCCc1nc(-c2ccc(Cl)cc2)nc2c(-c3ccccc3)cnn12. The van der Waals surface area contributed by atoms with Crippen LogP contribution in [0.4, 0.5) is 0 Å². The summed E-state index contributed by atoms with van der Waals surface area (Å²) in [7, 11) is 0. The Balaban J connectivity index is 1.75. The van der Waals surface area contributed by atoms with Gasteiger partial charge in [0, 0.05) is 22.6 Å². The van der Waals surface area contributed by atoms with Crippen LogP contribution in [-0.2, 0) is 6.42 Å². The molecule has 5 nitrogen and oxygen atoms in total.